The van der Waals surface area contributed by atoms with Gasteiger partial charge in [0.05, 0.1) is 0 Å². The fraction of sp³-hybridized carbons (Fsp3) is 1.00. The highest BCUT2D eigenvalue weighted by molar-refractivity contribution is 9.09. The van der Waals surface area contributed by atoms with Gasteiger partial charge in [0.2, 0.25) is 0 Å². The van der Waals surface area contributed by atoms with Crippen LogP contribution in [0.3, 0.4) is 0 Å². The zero-order valence-electron chi connectivity index (χ0n) is 8.36. The van der Waals surface area contributed by atoms with Gasteiger partial charge in [0.15, 0.2) is 0 Å². The van der Waals surface area contributed by atoms with Crippen molar-refractivity contribution in [2.24, 2.45) is 22.7 Å². The van der Waals surface area contributed by atoms with Crippen molar-refractivity contribution in [3.05, 3.63) is 0 Å². The highest BCUT2D eigenvalue weighted by atomic mass is 79.9. The lowest BCUT2D eigenvalue weighted by Crippen LogP contribution is -2.04. The molecular formula is C11H19Br. The molecule has 2 aliphatic carbocycles. The molecular weight excluding hydrogens is 212 g/mol. The second-order valence-electron chi connectivity index (χ2n) is 5.49. The lowest BCUT2D eigenvalue weighted by molar-refractivity contribution is 0.368. The van der Waals surface area contributed by atoms with Crippen molar-refractivity contribution in [3.8, 4) is 0 Å². The van der Waals surface area contributed by atoms with Gasteiger partial charge in [0.25, 0.3) is 0 Å². The van der Waals surface area contributed by atoms with Crippen molar-refractivity contribution in [2.75, 3.05) is 5.33 Å². The molecule has 0 aliphatic heterocycles. The Labute approximate surface area is 84.2 Å². The normalized spacial score (nSPS) is 44.5. The minimum atomic E-state index is 0.596. The number of rotatable bonds is 3. The Hall–Kier alpha value is 0.480. The summed E-state index contributed by atoms with van der Waals surface area (Å²) in [6.07, 6.45) is 4.48. The molecule has 0 heterocycles. The first kappa shape index (κ1) is 9.05. The minimum absolute atomic E-state index is 0.596. The third-order valence-corrected chi connectivity index (χ3v) is 5.24. The van der Waals surface area contributed by atoms with Gasteiger partial charge in [-0.25, -0.2) is 0 Å². The first-order valence-electron chi connectivity index (χ1n) is 5.08. The van der Waals surface area contributed by atoms with Crippen LogP contribution in [0, 0.1) is 22.7 Å². The van der Waals surface area contributed by atoms with Crippen LogP contribution in [-0.2, 0) is 0 Å². The molecule has 2 aliphatic rings. The third-order valence-electron chi connectivity index (χ3n) is 4.59. The van der Waals surface area contributed by atoms with E-state index in [2.05, 4.69) is 36.7 Å². The van der Waals surface area contributed by atoms with E-state index in [1.807, 2.05) is 0 Å². The van der Waals surface area contributed by atoms with Gasteiger partial charge in [-0.2, -0.15) is 0 Å². The molecule has 0 bridgehead atoms. The highest BCUT2D eigenvalue weighted by Crippen LogP contribution is 2.72. The lowest BCUT2D eigenvalue weighted by atomic mass is 9.92. The minimum Gasteiger partial charge on any atom is -0.0925 e. The molecule has 0 aromatic rings. The molecule has 0 N–H and O–H groups in total. The van der Waals surface area contributed by atoms with Gasteiger partial charge >= 0.3 is 0 Å². The molecule has 2 rings (SSSR count). The van der Waals surface area contributed by atoms with Gasteiger partial charge < -0.3 is 0 Å². The average molecular weight is 231 g/mol. The van der Waals surface area contributed by atoms with Crippen molar-refractivity contribution < 1.29 is 0 Å². The quantitative estimate of drug-likeness (QED) is 0.647. The van der Waals surface area contributed by atoms with Crippen molar-refractivity contribution in [1.82, 2.24) is 0 Å². The fourth-order valence-electron chi connectivity index (χ4n) is 2.89. The van der Waals surface area contributed by atoms with Gasteiger partial charge in [-0.15, -0.1) is 0 Å². The van der Waals surface area contributed by atoms with E-state index >= 15 is 0 Å². The largest absolute Gasteiger partial charge is 0.0925 e. The number of hydrogen-bond donors (Lipinski definition) is 0. The van der Waals surface area contributed by atoms with Crippen molar-refractivity contribution >= 4 is 15.9 Å². The van der Waals surface area contributed by atoms with E-state index in [9.17, 15) is 0 Å². The van der Waals surface area contributed by atoms with Crippen LogP contribution in [-0.4, -0.2) is 5.33 Å². The second-order valence-corrected chi connectivity index (χ2v) is 6.14. The van der Waals surface area contributed by atoms with E-state index in [0.717, 1.165) is 11.8 Å². The maximum atomic E-state index is 3.64. The highest BCUT2D eigenvalue weighted by Gasteiger charge is 2.67. The summed E-state index contributed by atoms with van der Waals surface area (Å²) in [5.41, 5.74) is 1.25. The van der Waals surface area contributed by atoms with Crippen LogP contribution in [0.1, 0.15) is 40.0 Å². The number of hydrogen-bond acceptors (Lipinski definition) is 0. The van der Waals surface area contributed by atoms with Crippen LogP contribution >= 0.6 is 15.9 Å². The average Bonchev–Trinajstić information content (AvgIpc) is 2.78. The first-order valence-corrected chi connectivity index (χ1v) is 6.20. The van der Waals surface area contributed by atoms with Crippen LogP contribution in [0.4, 0.5) is 0 Å². The molecule has 2 saturated carbocycles. The summed E-state index contributed by atoms with van der Waals surface area (Å²) in [7, 11) is 0. The summed E-state index contributed by atoms with van der Waals surface area (Å²) in [6, 6.07) is 0. The van der Waals surface area contributed by atoms with E-state index < -0.39 is 0 Å². The van der Waals surface area contributed by atoms with Crippen molar-refractivity contribution in [1.29, 1.82) is 0 Å². The topological polar surface area (TPSA) is 0 Å². The smallest absolute Gasteiger partial charge is 0.00703 e. The molecule has 0 radical (unpaired) electrons. The summed E-state index contributed by atoms with van der Waals surface area (Å²) < 4.78 is 0. The molecule has 0 amide bonds. The summed E-state index contributed by atoms with van der Waals surface area (Å²) >= 11 is 3.64. The van der Waals surface area contributed by atoms with Crippen LogP contribution in [0.15, 0.2) is 0 Å². The van der Waals surface area contributed by atoms with Gasteiger partial charge in [0.1, 0.15) is 0 Å². The molecule has 2 atom stereocenters. The molecule has 12 heavy (non-hydrogen) atoms. The fourth-order valence-corrected chi connectivity index (χ4v) is 4.41. The Morgan fingerprint density at radius 3 is 2.17 bits per heavy atom. The van der Waals surface area contributed by atoms with Crippen molar-refractivity contribution in [3.63, 3.8) is 0 Å². The van der Waals surface area contributed by atoms with Gasteiger partial charge in [-0.1, -0.05) is 49.5 Å². The Bertz CT molecular complexity index is 193. The van der Waals surface area contributed by atoms with Gasteiger partial charge in [0, 0.05) is 5.33 Å². The molecule has 0 aromatic carbocycles. The Balaban J connectivity index is 2.01. The SMILES string of the molecule is CC1(C)C(CBr)C1(C)CC1CC1. The molecule has 2 unspecified atom stereocenters. The molecule has 2 fully saturated rings. The molecule has 1 heteroatoms. The van der Waals surface area contributed by atoms with Crippen LogP contribution in [0.25, 0.3) is 0 Å². The Morgan fingerprint density at radius 1 is 1.25 bits per heavy atom. The molecule has 70 valence electrons. The van der Waals surface area contributed by atoms with Gasteiger partial charge in [-0.05, 0) is 29.1 Å². The van der Waals surface area contributed by atoms with E-state index in [4.69, 9.17) is 0 Å². The molecule has 0 spiro atoms. The maximum Gasteiger partial charge on any atom is 0.00703 e. The predicted octanol–water partition coefficient (Wildman–Crippen LogP) is 3.84. The summed E-state index contributed by atoms with van der Waals surface area (Å²) in [5.74, 6) is 2.00. The summed E-state index contributed by atoms with van der Waals surface area (Å²) in [5, 5.41) is 1.20. The maximum absolute atomic E-state index is 3.64. The Morgan fingerprint density at radius 2 is 1.83 bits per heavy atom. The molecule has 0 aromatic heterocycles. The van der Waals surface area contributed by atoms with Gasteiger partial charge in [-0.3, -0.25) is 0 Å². The predicted molar refractivity (Wildman–Crippen MR) is 56.5 cm³/mol. The third kappa shape index (κ3) is 1.08. The molecule has 0 nitrogen and oxygen atoms in total. The van der Waals surface area contributed by atoms with Crippen LogP contribution in [0.2, 0.25) is 0 Å². The van der Waals surface area contributed by atoms with E-state index in [1.54, 1.807) is 0 Å². The van der Waals surface area contributed by atoms with E-state index in [-0.39, 0.29) is 0 Å². The summed E-state index contributed by atoms with van der Waals surface area (Å²) in [6.45, 7) is 7.35. The van der Waals surface area contributed by atoms with E-state index in [0.29, 0.717) is 10.8 Å². The van der Waals surface area contributed by atoms with E-state index in [1.165, 1.54) is 24.6 Å². The van der Waals surface area contributed by atoms with Crippen LogP contribution in [0.5, 0.6) is 0 Å². The number of halogens is 1. The first-order chi connectivity index (χ1) is 5.52. The van der Waals surface area contributed by atoms with Crippen molar-refractivity contribution in [2.45, 2.75) is 40.0 Å². The molecule has 0 saturated heterocycles. The lowest BCUT2D eigenvalue weighted by Gasteiger charge is -2.13. The van der Waals surface area contributed by atoms with Crippen LogP contribution < -0.4 is 0 Å². The zero-order valence-corrected chi connectivity index (χ0v) is 9.95. The second kappa shape index (κ2) is 2.50. The standard InChI is InChI=1S/C11H19Br/c1-10(2)9(7-12)11(10,3)6-8-4-5-8/h8-9H,4-7H2,1-3H3. The summed E-state index contributed by atoms with van der Waals surface area (Å²) in [4.78, 5) is 0. The Kier molecular flexibility index (Phi) is 1.88. The number of alkyl halides is 1. The zero-order chi connectivity index (χ0) is 8.98. The monoisotopic (exact) mass is 230 g/mol.